The van der Waals surface area contributed by atoms with E-state index in [2.05, 4.69) is 56.4 Å². The summed E-state index contributed by atoms with van der Waals surface area (Å²) in [5.41, 5.74) is 3.68. The highest BCUT2D eigenvalue weighted by molar-refractivity contribution is 5.87. The highest BCUT2D eigenvalue weighted by Gasteiger charge is 2.34. The number of aliphatic hydroxyl groups excluding tert-OH is 2. The zero-order valence-corrected chi connectivity index (χ0v) is 15.8. The molecule has 4 atom stereocenters. The molecule has 3 aromatic rings. The maximum absolute atomic E-state index is 10.3. The SMILES string of the molecule is OCC[C@@H]1C[C@@H](n2ccc3c(N[C@H]4CCc5ccccc54)ncnc32)C[C@@H]1O. The van der Waals surface area contributed by atoms with Gasteiger partial charge in [-0.2, -0.15) is 0 Å². The molecule has 28 heavy (non-hydrogen) atoms. The Balaban J connectivity index is 1.42. The molecule has 1 aromatic carbocycles. The number of aliphatic hydroxyl groups is 2. The van der Waals surface area contributed by atoms with Crippen LogP contribution in [0.1, 0.15) is 48.9 Å². The van der Waals surface area contributed by atoms with Crippen molar-refractivity contribution in [2.45, 2.75) is 50.3 Å². The third-order valence-electron chi connectivity index (χ3n) is 6.48. The van der Waals surface area contributed by atoms with E-state index in [9.17, 15) is 10.2 Å². The molecule has 0 radical (unpaired) electrons. The Labute approximate surface area is 164 Å². The number of rotatable bonds is 5. The van der Waals surface area contributed by atoms with E-state index in [1.165, 1.54) is 11.1 Å². The monoisotopic (exact) mass is 378 g/mol. The van der Waals surface area contributed by atoms with Gasteiger partial charge < -0.3 is 20.1 Å². The zero-order chi connectivity index (χ0) is 19.1. The number of hydrogen-bond acceptors (Lipinski definition) is 5. The van der Waals surface area contributed by atoms with E-state index in [1.807, 2.05) is 0 Å². The number of hydrogen-bond donors (Lipinski definition) is 3. The van der Waals surface area contributed by atoms with E-state index in [4.69, 9.17) is 0 Å². The molecule has 3 N–H and O–H groups in total. The van der Waals surface area contributed by atoms with E-state index in [0.29, 0.717) is 12.8 Å². The molecule has 0 spiro atoms. The summed E-state index contributed by atoms with van der Waals surface area (Å²) in [6.45, 7) is 0.125. The minimum atomic E-state index is -0.357. The Kier molecular flexibility index (Phi) is 4.53. The molecule has 1 saturated carbocycles. The van der Waals surface area contributed by atoms with Gasteiger partial charge in [-0.15, -0.1) is 0 Å². The van der Waals surface area contributed by atoms with Crippen LogP contribution in [0.4, 0.5) is 5.82 Å². The normalized spacial score (nSPS) is 26.6. The van der Waals surface area contributed by atoms with E-state index in [0.717, 1.165) is 36.1 Å². The summed E-state index contributed by atoms with van der Waals surface area (Å²) in [5.74, 6) is 1.03. The molecule has 5 rings (SSSR count). The average molecular weight is 378 g/mol. The topological polar surface area (TPSA) is 83.2 Å². The molecule has 0 unspecified atom stereocenters. The van der Waals surface area contributed by atoms with Gasteiger partial charge in [0.2, 0.25) is 0 Å². The van der Waals surface area contributed by atoms with E-state index < -0.39 is 0 Å². The molecular formula is C22H26N4O2. The number of benzene rings is 1. The van der Waals surface area contributed by atoms with Crippen molar-refractivity contribution in [2.75, 3.05) is 11.9 Å². The fourth-order valence-corrected chi connectivity index (χ4v) is 5.03. The van der Waals surface area contributed by atoms with Gasteiger partial charge >= 0.3 is 0 Å². The second kappa shape index (κ2) is 7.18. The van der Waals surface area contributed by atoms with E-state index in [1.54, 1.807) is 6.33 Å². The Morgan fingerprint density at radius 1 is 1.14 bits per heavy atom. The Morgan fingerprint density at radius 3 is 2.93 bits per heavy atom. The molecule has 146 valence electrons. The third-order valence-corrected chi connectivity index (χ3v) is 6.48. The van der Waals surface area contributed by atoms with Crippen LogP contribution in [0.5, 0.6) is 0 Å². The molecule has 0 amide bonds. The first-order valence-corrected chi connectivity index (χ1v) is 10.2. The van der Waals surface area contributed by atoms with Gasteiger partial charge in [-0.1, -0.05) is 24.3 Å². The molecule has 1 fully saturated rings. The summed E-state index contributed by atoms with van der Waals surface area (Å²) in [5, 5.41) is 24.2. The number of nitrogens with zero attached hydrogens (tertiary/aromatic N) is 3. The standard InChI is InChI=1S/C22H26N4O2/c27-10-8-15-11-16(12-20(15)28)26-9-7-18-21(23-13-24-22(18)26)25-19-6-5-14-3-1-2-4-17(14)19/h1-4,7,9,13,15-16,19-20,27-28H,5-6,8,10-12H2,(H,23,24,25)/t15-,16-,19+,20+/m1/s1. The van der Waals surface area contributed by atoms with Gasteiger partial charge in [-0.25, -0.2) is 9.97 Å². The van der Waals surface area contributed by atoms with Gasteiger partial charge in [0, 0.05) is 18.8 Å². The van der Waals surface area contributed by atoms with Crippen molar-refractivity contribution < 1.29 is 10.2 Å². The maximum Gasteiger partial charge on any atom is 0.145 e. The van der Waals surface area contributed by atoms with Gasteiger partial charge in [0.1, 0.15) is 17.8 Å². The molecule has 2 heterocycles. The van der Waals surface area contributed by atoms with E-state index >= 15 is 0 Å². The molecule has 2 aliphatic rings. The summed E-state index contributed by atoms with van der Waals surface area (Å²) >= 11 is 0. The molecule has 0 saturated heterocycles. The fourth-order valence-electron chi connectivity index (χ4n) is 5.03. The Morgan fingerprint density at radius 2 is 2.04 bits per heavy atom. The number of nitrogens with one attached hydrogen (secondary N) is 1. The lowest BCUT2D eigenvalue weighted by atomic mass is 10.0. The predicted octanol–water partition coefficient (Wildman–Crippen LogP) is 3.23. The van der Waals surface area contributed by atoms with Crippen LogP contribution in [0.25, 0.3) is 11.0 Å². The van der Waals surface area contributed by atoms with Crippen LogP contribution < -0.4 is 5.32 Å². The first-order chi connectivity index (χ1) is 13.7. The minimum absolute atomic E-state index is 0.125. The van der Waals surface area contributed by atoms with Crippen LogP contribution >= 0.6 is 0 Å². The van der Waals surface area contributed by atoms with Gasteiger partial charge in [-0.3, -0.25) is 0 Å². The van der Waals surface area contributed by atoms with Crippen molar-refractivity contribution in [3.8, 4) is 0 Å². The maximum atomic E-state index is 10.3. The molecule has 6 nitrogen and oxygen atoms in total. The van der Waals surface area contributed by atoms with Crippen molar-refractivity contribution in [3.63, 3.8) is 0 Å². The van der Waals surface area contributed by atoms with Crippen molar-refractivity contribution in [3.05, 3.63) is 54.0 Å². The van der Waals surface area contributed by atoms with Crippen LogP contribution in [-0.4, -0.2) is 37.5 Å². The predicted molar refractivity (Wildman–Crippen MR) is 108 cm³/mol. The summed E-state index contributed by atoms with van der Waals surface area (Å²) in [4.78, 5) is 9.07. The highest BCUT2D eigenvalue weighted by Crippen LogP contribution is 2.39. The van der Waals surface area contributed by atoms with Gasteiger partial charge in [0.05, 0.1) is 17.5 Å². The van der Waals surface area contributed by atoms with Crippen LogP contribution in [0.2, 0.25) is 0 Å². The number of anilines is 1. The highest BCUT2D eigenvalue weighted by atomic mass is 16.3. The lowest BCUT2D eigenvalue weighted by Gasteiger charge is -2.16. The Hall–Kier alpha value is -2.44. The summed E-state index contributed by atoms with van der Waals surface area (Å²) < 4.78 is 2.17. The fraction of sp³-hybridized carbons (Fsp3) is 0.455. The van der Waals surface area contributed by atoms with Gasteiger partial charge in [0.15, 0.2) is 0 Å². The van der Waals surface area contributed by atoms with Crippen LogP contribution in [0, 0.1) is 5.92 Å². The van der Waals surface area contributed by atoms with Gasteiger partial charge in [-0.05, 0) is 55.2 Å². The number of fused-ring (bicyclic) bond motifs is 2. The molecule has 0 aliphatic heterocycles. The number of aromatic nitrogens is 3. The smallest absolute Gasteiger partial charge is 0.145 e. The van der Waals surface area contributed by atoms with Crippen molar-refractivity contribution in [2.24, 2.45) is 5.92 Å². The van der Waals surface area contributed by atoms with Crippen LogP contribution in [0.15, 0.2) is 42.9 Å². The van der Waals surface area contributed by atoms with E-state index in [-0.39, 0.29) is 30.7 Å². The number of aryl methyl sites for hydroxylation is 1. The Bertz CT molecular complexity index is 986. The quantitative estimate of drug-likeness (QED) is 0.635. The first-order valence-electron chi connectivity index (χ1n) is 10.2. The second-order valence-corrected chi connectivity index (χ2v) is 8.08. The lowest BCUT2D eigenvalue weighted by molar-refractivity contribution is 0.113. The summed E-state index contributed by atoms with van der Waals surface area (Å²) in [7, 11) is 0. The van der Waals surface area contributed by atoms with Crippen LogP contribution in [-0.2, 0) is 6.42 Å². The molecular weight excluding hydrogens is 352 g/mol. The summed E-state index contributed by atoms with van der Waals surface area (Å²) in [6, 6.07) is 11.2. The van der Waals surface area contributed by atoms with Gasteiger partial charge in [0.25, 0.3) is 0 Å². The molecule has 6 heteroatoms. The zero-order valence-electron chi connectivity index (χ0n) is 15.8. The van der Waals surface area contributed by atoms with Crippen molar-refractivity contribution in [1.82, 2.24) is 14.5 Å². The molecule has 2 aliphatic carbocycles. The van der Waals surface area contributed by atoms with Crippen molar-refractivity contribution in [1.29, 1.82) is 0 Å². The molecule has 0 bridgehead atoms. The average Bonchev–Trinajstić information content (AvgIpc) is 3.40. The second-order valence-electron chi connectivity index (χ2n) is 8.08. The first kappa shape index (κ1) is 17.6. The molecule has 2 aromatic heterocycles. The summed E-state index contributed by atoms with van der Waals surface area (Å²) in [6.07, 6.45) is 7.72. The lowest BCUT2D eigenvalue weighted by Crippen LogP contribution is -2.13. The third kappa shape index (κ3) is 2.97. The minimum Gasteiger partial charge on any atom is -0.396 e. The largest absolute Gasteiger partial charge is 0.396 e. The van der Waals surface area contributed by atoms with Crippen molar-refractivity contribution >= 4 is 16.9 Å². The van der Waals surface area contributed by atoms with Crippen LogP contribution in [0.3, 0.4) is 0 Å².